The predicted molar refractivity (Wildman–Crippen MR) is 98.8 cm³/mol. The molecule has 0 fully saturated rings. The largest absolute Gasteiger partial charge is 0.321 e. The summed E-state index contributed by atoms with van der Waals surface area (Å²) in [6, 6.07) is 19.4. The van der Waals surface area contributed by atoms with Crippen LogP contribution in [0.15, 0.2) is 65.1 Å². The van der Waals surface area contributed by atoms with Crippen LogP contribution in [0.4, 0.5) is 5.69 Å². The number of amides is 1. The van der Waals surface area contributed by atoms with E-state index in [1.165, 1.54) is 0 Å². The Bertz CT molecular complexity index is 832. The Morgan fingerprint density at radius 1 is 0.952 bits per heavy atom. The SMILES string of the molecule is O=C(Nc1ccc(Br)c2ccccc12)c1cccc(I)c1. The molecule has 3 aromatic rings. The van der Waals surface area contributed by atoms with Gasteiger partial charge >= 0.3 is 0 Å². The van der Waals surface area contributed by atoms with Gasteiger partial charge in [0.15, 0.2) is 0 Å². The number of halogens is 2. The maximum absolute atomic E-state index is 12.4. The first-order valence-electron chi connectivity index (χ1n) is 6.39. The minimum atomic E-state index is -0.0963. The summed E-state index contributed by atoms with van der Waals surface area (Å²) in [5, 5.41) is 5.09. The van der Waals surface area contributed by atoms with Crippen LogP contribution in [-0.2, 0) is 0 Å². The smallest absolute Gasteiger partial charge is 0.255 e. The molecule has 0 aliphatic heterocycles. The third-order valence-electron chi connectivity index (χ3n) is 3.21. The van der Waals surface area contributed by atoms with Gasteiger partial charge in [0, 0.05) is 24.7 Å². The zero-order chi connectivity index (χ0) is 14.8. The number of anilines is 1. The summed E-state index contributed by atoms with van der Waals surface area (Å²) in [4.78, 5) is 12.4. The average molecular weight is 452 g/mol. The number of rotatable bonds is 2. The molecule has 3 aromatic carbocycles. The van der Waals surface area contributed by atoms with E-state index in [9.17, 15) is 4.79 Å². The summed E-state index contributed by atoms with van der Waals surface area (Å²) in [7, 11) is 0. The molecule has 1 amide bonds. The van der Waals surface area contributed by atoms with Gasteiger partial charge in [-0.15, -0.1) is 0 Å². The van der Waals surface area contributed by atoms with Crippen molar-refractivity contribution in [3.05, 3.63) is 74.3 Å². The van der Waals surface area contributed by atoms with Crippen molar-refractivity contribution in [2.24, 2.45) is 0 Å². The van der Waals surface area contributed by atoms with Crippen molar-refractivity contribution in [3.8, 4) is 0 Å². The summed E-state index contributed by atoms with van der Waals surface area (Å²) < 4.78 is 2.06. The van der Waals surface area contributed by atoms with Crippen LogP contribution in [0.2, 0.25) is 0 Å². The number of fused-ring (bicyclic) bond motifs is 1. The van der Waals surface area contributed by atoms with Crippen molar-refractivity contribution < 1.29 is 4.79 Å². The highest BCUT2D eigenvalue weighted by Crippen LogP contribution is 2.30. The van der Waals surface area contributed by atoms with Gasteiger partial charge in [-0.1, -0.05) is 46.3 Å². The Morgan fingerprint density at radius 3 is 2.48 bits per heavy atom. The number of carbonyl (C=O) groups excluding carboxylic acids is 1. The zero-order valence-corrected chi connectivity index (χ0v) is 14.7. The van der Waals surface area contributed by atoms with Crippen LogP contribution in [0.25, 0.3) is 10.8 Å². The lowest BCUT2D eigenvalue weighted by molar-refractivity contribution is 0.102. The Balaban J connectivity index is 1.99. The maximum Gasteiger partial charge on any atom is 0.255 e. The molecule has 0 heterocycles. The van der Waals surface area contributed by atoms with Crippen LogP contribution in [-0.4, -0.2) is 5.91 Å². The first-order valence-corrected chi connectivity index (χ1v) is 8.26. The lowest BCUT2D eigenvalue weighted by Crippen LogP contribution is -2.12. The van der Waals surface area contributed by atoms with Crippen LogP contribution in [0.5, 0.6) is 0 Å². The fourth-order valence-corrected chi connectivity index (χ4v) is 3.22. The Hall–Kier alpha value is -1.40. The molecular weight excluding hydrogens is 441 g/mol. The molecule has 21 heavy (non-hydrogen) atoms. The Labute approximate surface area is 144 Å². The van der Waals surface area contributed by atoms with Crippen molar-refractivity contribution in [3.63, 3.8) is 0 Å². The highest BCUT2D eigenvalue weighted by atomic mass is 127. The second-order valence-corrected chi connectivity index (χ2v) is 6.70. The molecule has 0 saturated carbocycles. The van der Waals surface area contributed by atoms with E-state index in [0.29, 0.717) is 5.56 Å². The fraction of sp³-hybridized carbons (Fsp3) is 0. The van der Waals surface area contributed by atoms with Gasteiger partial charge in [0.05, 0.1) is 0 Å². The molecule has 0 unspecified atom stereocenters. The van der Waals surface area contributed by atoms with Gasteiger partial charge in [-0.2, -0.15) is 0 Å². The molecule has 2 nitrogen and oxygen atoms in total. The van der Waals surface area contributed by atoms with Crippen LogP contribution in [0.3, 0.4) is 0 Å². The molecule has 4 heteroatoms. The van der Waals surface area contributed by atoms with E-state index in [1.807, 2.05) is 60.7 Å². The minimum Gasteiger partial charge on any atom is -0.321 e. The topological polar surface area (TPSA) is 29.1 Å². The second-order valence-electron chi connectivity index (χ2n) is 4.61. The van der Waals surface area contributed by atoms with E-state index >= 15 is 0 Å². The summed E-state index contributed by atoms with van der Waals surface area (Å²) in [6.45, 7) is 0. The lowest BCUT2D eigenvalue weighted by atomic mass is 10.1. The standard InChI is InChI=1S/C17H11BrINO/c18-15-8-9-16(14-7-2-1-6-13(14)15)20-17(21)11-4-3-5-12(19)10-11/h1-10H,(H,20,21). The number of hydrogen-bond donors (Lipinski definition) is 1. The number of benzene rings is 3. The van der Waals surface area contributed by atoms with Gasteiger partial charge in [-0.3, -0.25) is 4.79 Å². The number of carbonyl (C=O) groups is 1. The van der Waals surface area contributed by atoms with Gasteiger partial charge in [-0.05, 0) is 58.3 Å². The minimum absolute atomic E-state index is 0.0963. The van der Waals surface area contributed by atoms with E-state index in [4.69, 9.17) is 0 Å². The van der Waals surface area contributed by atoms with E-state index < -0.39 is 0 Å². The second kappa shape index (κ2) is 6.15. The molecule has 0 spiro atoms. The fourth-order valence-electron chi connectivity index (χ4n) is 2.20. The van der Waals surface area contributed by atoms with E-state index in [1.54, 1.807) is 0 Å². The molecule has 3 rings (SSSR count). The quantitative estimate of drug-likeness (QED) is 0.515. The van der Waals surface area contributed by atoms with Gasteiger partial charge in [0.1, 0.15) is 0 Å². The molecule has 0 aliphatic carbocycles. The first kappa shape index (κ1) is 14.5. The normalized spacial score (nSPS) is 10.6. The Morgan fingerprint density at radius 2 is 1.71 bits per heavy atom. The molecule has 104 valence electrons. The summed E-state index contributed by atoms with van der Waals surface area (Å²) >= 11 is 5.74. The highest BCUT2D eigenvalue weighted by molar-refractivity contribution is 14.1. The summed E-state index contributed by atoms with van der Waals surface area (Å²) in [5.41, 5.74) is 1.48. The van der Waals surface area contributed by atoms with E-state index in [-0.39, 0.29) is 5.91 Å². The zero-order valence-electron chi connectivity index (χ0n) is 10.9. The van der Waals surface area contributed by atoms with Gasteiger partial charge in [-0.25, -0.2) is 0 Å². The van der Waals surface area contributed by atoms with Crippen molar-refractivity contribution in [2.75, 3.05) is 5.32 Å². The molecule has 0 saturated heterocycles. The molecule has 0 aliphatic rings. The van der Waals surface area contributed by atoms with Crippen molar-refractivity contribution in [2.45, 2.75) is 0 Å². The van der Waals surface area contributed by atoms with Crippen LogP contribution in [0.1, 0.15) is 10.4 Å². The van der Waals surface area contributed by atoms with Gasteiger partial charge in [0.25, 0.3) is 5.91 Å². The van der Waals surface area contributed by atoms with Crippen LogP contribution in [0, 0.1) is 3.57 Å². The van der Waals surface area contributed by atoms with Crippen LogP contribution >= 0.6 is 38.5 Å². The number of nitrogens with one attached hydrogen (secondary N) is 1. The molecule has 1 N–H and O–H groups in total. The molecule has 0 bridgehead atoms. The third-order valence-corrected chi connectivity index (χ3v) is 4.57. The first-order chi connectivity index (χ1) is 10.1. The van der Waals surface area contributed by atoms with E-state index in [0.717, 1.165) is 24.5 Å². The Kier molecular flexibility index (Phi) is 4.26. The molecule has 0 aromatic heterocycles. The van der Waals surface area contributed by atoms with Crippen molar-refractivity contribution >= 4 is 60.9 Å². The van der Waals surface area contributed by atoms with Crippen LogP contribution < -0.4 is 5.32 Å². The molecular formula is C17H11BrINO. The van der Waals surface area contributed by atoms with Crippen molar-refractivity contribution in [1.29, 1.82) is 0 Å². The van der Waals surface area contributed by atoms with Crippen molar-refractivity contribution in [1.82, 2.24) is 0 Å². The van der Waals surface area contributed by atoms with Gasteiger partial charge in [0.2, 0.25) is 0 Å². The average Bonchev–Trinajstić information content (AvgIpc) is 2.50. The molecule has 0 radical (unpaired) electrons. The third kappa shape index (κ3) is 3.11. The highest BCUT2D eigenvalue weighted by Gasteiger charge is 2.09. The lowest BCUT2D eigenvalue weighted by Gasteiger charge is -2.10. The van der Waals surface area contributed by atoms with E-state index in [2.05, 4.69) is 43.8 Å². The summed E-state index contributed by atoms with van der Waals surface area (Å²) in [5.74, 6) is -0.0963. The predicted octanol–water partition coefficient (Wildman–Crippen LogP) is 5.46. The number of hydrogen-bond acceptors (Lipinski definition) is 1. The summed E-state index contributed by atoms with van der Waals surface area (Å²) in [6.07, 6.45) is 0. The maximum atomic E-state index is 12.4. The monoisotopic (exact) mass is 451 g/mol. The van der Waals surface area contributed by atoms with Gasteiger partial charge < -0.3 is 5.32 Å². The molecule has 0 atom stereocenters.